The Morgan fingerprint density at radius 1 is 1.40 bits per heavy atom. The van der Waals surface area contributed by atoms with E-state index in [0.29, 0.717) is 12.2 Å². The molecular weight excluding hydrogens is 256 g/mol. The predicted octanol–water partition coefficient (Wildman–Crippen LogP) is 1.18. The Morgan fingerprint density at radius 2 is 2.25 bits per heavy atom. The molecule has 1 aromatic heterocycles. The highest BCUT2D eigenvalue weighted by molar-refractivity contribution is 5.91. The fraction of sp³-hybridized carbons (Fsp3) is 0.357. The van der Waals surface area contributed by atoms with Crippen LogP contribution in [0.1, 0.15) is 23.3 Å². The molecule has 1 aliphatic heterocycles. The molecule has 3 rings (SSSR count). The molecule has 0 radical (unpaired) electrons. The van der Waals surface area contributed by atoms with E-state index < -0.39 is 0 Å². The van der Waals surface area contributed by atoms with Crippen LogP contribution in [0.4, 0.5) is 0 Å². The van der Waals surface area contributed by atoms with Gasteiger partial charge in [-0.05, 0) is 25.0 Å². The van der Waals surface area contributed by atoms with Gasteiger partial charge >= 0.3 is 0 Å². The topological polar surface area (TPSA) is 69.0 Å². The summed E-state index contributed by atoms with van der Waals surface area (Å²) in [6.07, 6.45) is 3.81. The van der Waals surface area contributed by atoms with Crippen LogP contribution in [0.5, 0.6) is 0 Å². The van der Waals surface area contributed by atoms with E-state index in [1.54, 1.807) is 10.9 Å². The molecule has 6 heteroatoms. The highest BCUT2D eigenvalue weighted by Crippen LogP contribution is 2.11. The smallest absolute Gasteiger partial charge is 0.273 e. The standard InChI is InChI=1S/C14H16N4O2/c19-14(15-9-12-7-4-8-20-12)13-10-18(17-16-13)11-5-2-1-3-6-11/h1-3,5-6,10,12H,4,7-9H2,(H,15,19). The van der Waals surface area contributed by atoms with Gasteiger partial charge in [0.2, 0.25) is 0 Å². The first-order valence-corrected chi connectivity index (χ1v) is 6.70. The number of hydrogen-bond acceptors (Lipinski definition) is 4. The zero-order valence-electron chi connectivity index (χ0n) is 11.0. The van der Waals surface area contributed by atoms with Crippen molar-refractivity contribution in [1.82, 2.24) is 20.3 Å². The summed E-state index contributed by atoms with van der Waals surface area (Å²) < 4.78 is 7.04. The minimum absolute atomic E-state index is 0.128. The minimum Gasteiger partial charge on any atom is -0.376 e. The SMILES string of the molecule is O=C(NCC1CCCO1)c1cn(-c2ccccc2)nn1. The maximum Gasteiger partial charge on any atom is 0.273 e. The number of amides is 1. The third-order valence-electron chi connectivity index (χ3n) is 3.26. The van der Waals surface area contributed by atoms with Crippen LogP contribution in [0.3, 0.4) is 0 Å². The summed E-state index contributed by atoms with van der Waals surface area (Å²) in [5.74, 6) is -0.220. The lowest BCUT2D eigenvalue weighted by Crippen LogP contribution is -2.31. The Labute approximate surface area is 116 Å². The molecule has 2 heterocycles. The number of aromatic nitrogens is 3. The maximum absolute atomic E-state index is 12.0. The summed E-state index contributed by atoms with van der Waals surface area (Å²) in [4.78, 5) is 12.0. The molecule has 104 valence electrons. The van der Waals surface area contributed by atoms with E-state index in [1.807, 2.05) is 30.3 Å². The molecule has 0 bridgehead atoms. The molecule has 1 fully saturated rings. The molecule has 0 spiro atoms. The molecule has 1 amide bonds. The van der Waals surface area contributed by atoms with Crippen LogP contribution < -0.4 is 5.32 Å². The maximum atomic E-state index is 12.0. The molecule has 1 N–H and O–H groups in total. The Bertz CT molecular complexity index is 576. The molecule has 1 saturated heterocycles. The number of nitrogens with zero attached hydrogens (tertiary/aromatic N) is 3. The third-order valence-corrected chi connectivity index (χ3v) is 3.26. The number of ether oxygens (including phenoxy) is 1. The van der Waals surface area contributed by atoms with Gasteiger partial charge in [-0.3, -0.25) is 4.79 Å². The van der Waals surface area contributed by atoms with Crippen LogP contribution in [-0.4, -0.2) is 40.2 Å². The molecule has 2 aromatic rings. The number of para-hydroxylation sites is 1. The van der Waals surface area contributed by atoms with Crippen molar-refractivity contribution in [3.05, 3.63) is 42.2 Å². The largest absolute Gasteiger partial charge is 0.376 e. The second-order valence-corrected chi connectivity index (χ2v) is 4.73. The molecule has 6 nitrogen and oxygen atoms in total. The number of nitrogens with one attached hydrogen (secondary N) is 1. The number of rotatable bonds is 4. The lowest BCUT2D eigenvalue weighted by atomic mass is 10.2. The van der Waals surface area contributed by atoms with Crippen molar-refractivity contribution >= 4 is 5.91 Å². The van der Waals surface area contributed by atoms with E-state index in [4.69, 9.17) is 4.74 Å². The summed E-state index contributed by atoms with van der Waals surface area (Å²) in [7, 11) is 0. The highest BCUT2D eigenvalue weighted by atomic mass is 16.5. The van der Waals surface area contributed by atoms with Gasteiger partial charge in [0.15, 0.2) is 5.69 Å². The van der Waals surface area contributed by atoms with Gasteiger partial charge in [-0.15, -0.1) is 5.10 Å². The lowest BCUT2D eigenvalue weighted by molar-refractivity contribution is 0.0853. The normalized spacial score (nSPS) is 18.1. The van der Waals surface area contributed by atoms with Crippen molar-refractivity contribution in [3.8, 4) is 5.69 Å². The van der Waals surface area contributed by atoms with Crippen molar-refractivity contribution in [2.45, 2.75) is 18.9 Å². The molecule has 1 aromatic carbocycles. The molecular formula is C14H16N4O2. The second-order valence-electron chi connectivity index (χ2n) is 4.73. The van der Waals surface area contributed by atoms with Crippen molar-refractivity contribution in [3.63, 3.8) is 0 Å². The summed E-state index contributed by atoms with van der Waals surface area (Å²) in [6, 6.07) is 9.56. The average molecular weight is 272 g/mol. The van der Waals surface area contributed by atoms with Crippen LogP contribution in [0.2, 0.25) is 0 Å². The van der Waals surface area contributed by atoms with Gasteiger partial charge in [-0.25, -0.2) is 4.68 Å². The number of carbonyl (C=O) groups excluding carboxylic acids is 1. The van der Waals surface area contributed by atoms with Gasteiger partial charge in [0.25, 0.3) is 5.91 Å². The monoisotopic (exact) mass is 272 g/mol. The van der Waals surface area contributed by atoms with Crippen molar-refractivity contribution < 1.29 is 9.53 Å². The molecule has 1 unspecified atom stereocenters. The van der Waals surface area contributed by atoms with Gasteiger partial charge in [0, 0.05) is 13.2 Å². The number of hydrogen-bond donors (Lipinski definition) is 1. The number of benzene rings is 1. The third kappa shape index (κ3) is 2.85. The molecule has 20 heavy (non-hydrogen) atoms. The van der Waals surface area contributed by atoms with E-state index in [0.717, 1.165) is 25.1 Å². The van der Waals surface area contributed by atoms with Gasteiger partial charge in [-0.1, -0.05) is 23.4 Å². The fourth-order valence-electron chi connectivity index (χ4n) is 2.18. The second kappa shape index (κ2) is 5.83. The van der Waals surface area contributed by atoms with Crippen LogP contribution in [-0.2, 0) is 4.74 Å². The minimum atomic E-state index is -0.220. The lowest BCUT2D eigenvalue weighted by Gasteiger charge is -2.09. The van der Waals surface area contributed by atoms with Gasteiger partial charge < -0.3 is 10.1 Å². The van der Waals surface area contributed by atoms with E-state index in [2.05, 4.69) is 15.6 Å². The Hall–Kier alpha value is -2.21. The fourth-order valence-corrected chi connectivity index (χ4v) is 2.18. The van der Waals surface area contributed by atoms with Gasteiger partial charge in [-0.2, -0.15) is 0 Å². The zero-order valence-corrected chi connectivity index (χ0v) is 11.0. The predicted molar refractivity (Wildman–Crippen MR) is 72.7 cm³/mol. The molecule has 0 saturated carbocycles. The summed E-state index contributed by atoms with van der Waals surface area (Å²) in [5.41, 5.74) is 1.19. The summed E-state index contributed by atoms with van der Waals surface area (Å²) in [5, 5.41) is 10.7. The average Bonchev–Trinajstić information content (AvgIpc) is 3.17. The van der Waals surface area contributed by atoms with E-state index in [-0.39, 0.29) is 12.0 Å². The first kappa shape index (κ1) is 12.8. The van der Waals surface area contributed by atoms with Gasteiger partial charge in [0.1, 0.15) is 0 Å². The van der Waals surface area contributed by atoms with Crippen LogP contribution in [0.15, 0.2) is 36.5 Å². The first-order valence-electron chi connectivity index (χ1n) is 6.70. The summed E-state index contributed by atoms with van der Waals surface area (Å²) in [6.45, 7) is 1.31. The Morgan fingerprint density at radius 3 is 3.00 bits per heavy atom. The first-order chi connectivity index (χ1) is 9.83. The quantitative estimate of drug-likeness (QED) is 0.907. The molecule has 1 atom stereocenters. The highest BCUT2D eigenvalue weighted by Gasteiger charge is 2.18. The molecule has 0 aliphatic carbocycles. The zero-order chi connectivity index (χ0) is 13.8. The Balaban J connectivity index is 1.62. The van der Waals surface area contributed by atoms with Crippen LogP contribution in [0, 0.1) is 0 Å². The van der Waals surface area contributed by atoms with E-state index >= 15 is 0 Å². The summed E-state index contributed by atoms with van der Waals surface area (Å²) >= 11 is 0. The van der Waals surface area contributed by atoms with Crippen molar-refractivity contribution in [2.24, 2.45) is 0 Å². The van der Waals surface area contributed by atoms with Crippen molar-refractivity contribution in [2.75, 3.05) is 13.2 Å². The van der Waals surface area contributed by atoms with Crippen molar-refractivity contribution in [1.29, 1.82) is 0 Å². The number of carbonyl (C=O) groups is 1. The van der Waals surface area contributed by atoms with E-state index in [9.17, 15) is 4.79 Å². The molecule has 1 aliphatic rings. The van der Waals surface area contributed by atoms with E-state index in [1.165, 1.54) is 0 Å². The van der Waals surface area contributed by atoms with Crippen LogP contribution >= 0.6 is 0 Å². The Kier molecular flexibility index (Phi) is 3.73. The van der Waals surface area contributed by atoms with Gasteiger partial charge in [0.05, 0.1) is 18.0 Å². The van der Waals surface area contributed by atoms with Crippen LogP contribution in [0.25, 0.3) is 5.69 Å².